The summed E-state index contributed by atoms with van der Waals surface area (Å²) >= 11 is 5.97. The van der Waals surface area contributed by atoms with E-state index < -0.39 is 6.09 Å². The molecule has 3 rings (SSSR count). The van der Waals surface area contributed by atoms with Gasteiger partial charge in [0.05, 0.1) is 17.5 Å². The predicted molar refractivity (Wildman–Crippen MR) is 112 cm³/mol. The molecular weight excluding hydrogens is 360 g/mol. The normalized spacial score (nSPS) is 16.9. The first-order valence-electron chi connectivity index (χ1n) is 9.12. The Morgan fingerprint density at radius 3 is 2.63 bits per heavy atom. The molecule has 0 aromatic heterocycles. The van der Waals surface area contributed by atoms with E-state index in [1.54, 1.807) is 0 Å². The van der Waals surface area contributed by atoms with Crippen LogP contribution >= 0.6 is 11.6 Å². The van der Waals surface area contributed by atoms with E-state index in [0.29, 0.717) is 5.69 Å². The van der Waals surface area contributed by atoms with Gasteiger partial charge in [0.25, 0.3) is 0 Å². The van der Waals surface area contributed by atoms with E-state index in [2.05, 4.69) is 11.4 Å². The van der Waals surface area contributed by atoms with Gasteiger partial charge in [-0.2, -0.15) is 0 Å². The zero-order valence-corrected chi connectivity index (χ0v) is 16.3. The van der Waals surface area contributed by atoms with Crippen molar-refractivity contribution >= 4 is 40.9 Å². The smallest absolute Gasteiger partial charge is 0.411 e. The third-order valence-corrected chi connectivity index (χ3v) is 4.43. The van der Waals surface area contributed by atoms with Crippen molar-refractivity contribution in [3.63, 3.8) is 0 Å². The largest absolute Gasteiger partial charge is 0.447 e. The molecule has 0 unspecified atom stereocenters. The highest BCUT2D eigenvalue weighted by molar-refractivity contribution is 6.30. The van der Waals surface area contributed by atoms with Crippen LogP contribution in [0.4, 0.5) is 16.2 Å². The second-order valence-electron chi connectivity index (χ2n) is 6.73. The molecule has 0 bridgehead atoms. The Kier molecular flexibility index (Phi) is 6.30. The number of halogens is 1. The molecule has 140 valence electrons. The first-order chi connectivity index (χ1) is 13.0. The summed E-state index contributed by atoms with van der Waals surface area (Å²) in [4.78, 5) is 16.8. The van der Waals surface area contributed by atoms with Gasteiger partial charge in [-0.25, -0.2) is 4.79 Å². The number of benzene rings is 2. The van der Waals surface area contributed by atoms with E-state index in [1.807, 2.05) is 62.4 Å². The van der Waals surface area contributed by atoms with E-state index >= 15 is 0 Å². The Morgan fingerprint density at radius 2 is 1.89 bits per heavy atom. The fraction of sp³-hybridized carbons (Fsp3) is 0.273. The minimum absolute atomic E-state index is 0.174. The zero-order valence-electron chi connectivity index (χ0n) is 15.5. The van der Waals surface area contributed by atoms with Crippen molar-refractivity contribution in [2.75, 3.05) is 5.32 Å². The first kappa shape index (κ1) is 19.2. The van der Waals surface area contributed by atoms with E-state index in [0.717, 1.165) is 41.2 Å². The average molecular weight is 383 g/mol. The number of carbonyl (C=O) groups is 1. The van der Waals surface area contributed by atoms with E-state index in [9.17, 15) is 4.79 Å². The molecule has 27 heavy (non-hydrogen) atoms. The van der Waals surface area contributed by atoms with Crippen molar-refractivity contribution in [1.82, 2.24) is 0 Å². The van der Waals surface area contributed by atoms with Gasteiger partial charge in [0.2, 0.25) is 0 Å². The molecule has 4 nitrogen and oxygen atoms in total. The molecule has 1 saturated carbocycles. The van der Waals surface area contributed by atoms with Crippen molar-refractivity contribution in [3.05, 3.63) is 64.7 Å². The summed E-state index contributed by atoms with van der Waals surface area (Å²) in [6.07, 6.45) is 4.50. The molecule has 2 aromatic carbocycles. The number of para-hydroxylation sites is 2. The Morgan fingerprint density at radius 1 is 1.15 bits per heavy atom. The van der Waals surface area contributed by atoms with Crippen LogP contribution in [0.15, 0.2) is 59.1 Å². The van der Waals surface area contributed by atoms with E-state index in [1.165, 1.54) is 5.57 Å². The number of rotatable bonds is 4. The highest BCUT2D eigenvalue weighted by Crippen LogP contribution is 2.31. The highest BCUT2D eigenvalue weighted by Gasteiger charge is 2.17. The van der Waals surface area contributed by atoms with Crippen LogP contribution in [-0.4, -0.2) is 17.9 Å². The number of carbonyl (C=O) groups excluding carboxylic acids is 1. The molecule has 0 heterocycles. The maximum Gasteiger partial charge on any atom is 0.411 e. The molecule has 2 aromatic rings. The Bertz CT molecular complexity index is 870. The van der Waals surface area contributed by atoms with Crippen LogP contribution in [0.3, 0.4) is 0 Å². The molecule has 1 amide bonds. The minimum Gasteiger partial charge on any atom is -0.447 e. The van der Waals surface area contributed by atoms with Gasteiger partial charge >= 0.3 is 6.09 Å². The van der Waals surface area contributed by atoms with Gasteiger partial charge in [-0.1, -0.05) is 35.9 Å². The van der Waals surface area contributed by atoms with Gasteiger partial charge in [-0.05, 0) is 74.6 Å². The standard InChI is InChI=1S/C22H23ClN2O2/c1-15(2)27-22(26)25-21-8-4-3-7-20(21)24-19-9-5-6-17(19)14-16-10-12-18(23)13-11-16/h3-4,7-8,10-15H,5-6,9H2,1-2H3,(H,25,26)/b17-14+,24-19?. The third kappa shape index (κ3) is 5.44. The lowest BCUT2D eigenvalue weighted by Gasteiger charge is -2.11. The summed E-state index contributed by atoms with van der Waals surface area (Å²) in [6, 6.07) is 15.3. The van der Waals surface area contributed by atoms with Crippen molar-refractivity contribution in [1.29, 1.82) is 0 Å². The van der Waals surface area contributed by atoms with E-state index in [-0.39, 0.29) is 6.10 Å². The third-order valence-electron chi connectivity index (χ3n) is 4.18. The van der Waals surface area contributed by atoms with Crippen LogP contribution in [-0.2, 0) is 4.74 Å². The van der Waals surface area contributed by atoms with Crippen LogP contribution in [0.25, 0.3) is 6.08 Å². The monoisotopic (exact) mass is 382 g/mol. The SMILES string of the molecule is CC(C)OC(=O)Nc1ccccc1N=C1CCC/C1=C\c1ccc(Cl)cc1. The molecule has 0 saturated heterocycles. The molecule has 0 spiro atoms. The quantitative estimate of drug-likeness (QED) is 0.644. The second-order valence-corrected chi connectivity index (χ2v) is 7.17. The molecule has 5 heteroatoms. The van der Waals surface area contributed by atoms with Gasteiger partial charge in [-0.15, -0.1) is 0 Å². The lowest BCUT2D eigenvalue weighted by atomic mass is 10.1. The number of nitrogens with zero attached hydrogens (tertiary/aromatic N) is 1. The fourth-order valence-electron chi connectivity index (χ4n) is 2.97. The minimum atomic E-state index is -0.471. The number of anilines is 1. The van der Waals surface area contributed by atoms with Gasteiger partial charge in [0.1, 0.15) is 0 Å². The van der Waals surface area contributed by atoms with E-state index in [4.69, 9.17) is 21.3 Å². The Labute approximate surface area is 164 Å². The molecule has 1 aliphatic rings. The maximum absolute atomic E-state index is 11.9. The topological polar surface area (TPSA) is 50.7 Å². The van der Waals surface area contributed by atoms with Crippen molar-refractivity contribution in [3.8, 4) is 0 Å². The fourth-order valence-corrected chi connectivity index (χ4v) is 3.10. The Balaban J connectivity index is 1.85. The number of amides is 1. The van der Waals surface area contributed by atoms with Crippen LogP contribution < -0.4 is 5.32 Å². The Hall–Kier alpha value is -2.59. The highest BCUT2D eigenvalue weighted by atomic mass is 35.5. The summed E-state index contributed by atoms with van der Waals surface area (Å²) in [5.74, 6) is 0. The van der Waals surface area contributed by atoms with Crippen LogP contribution in [0.1, 0.15) is 38.7 Å². The molecule has 0 radical (unpaired) electrons. The number of hydrogen-bond acceptors (Lipinski definition) is 3. The molecular formula is C22H23ClN2O2. The summed E-state index contributed by atoms with van der Waals surface area (Å²) < 4.78 is 5.17. The molecule has 0 aliphatic heterocycles. The zero-order chi connectivity index (χ0) is 19.2. The predicted octanol–water partition coefficient (Wildman–Crippen LogP) is 6.64. The van der Waals surface area contributed by atoms with Crippen molar-refractivity contribution in [2.45, 2.75) is 39.2 Å². The van der Waals surface area contributed by atoms with Crippen LogP contribution in [0, 0.1) is 0 Å². The van der Waals surface area contributed by atoms with Crippen LogP contribution in [0.5, 0.6) is 0 Å². The number of aliphatic imine (C=N–C) groups is 1. The van der Waals surface area contributed by atoms with Gasteiger partial charge < -0.3 is 4.74 Å². The summed E-state index contributed by atoms with van der Waals surface area (Å²) in [5.41, 5.74) is 4.76. The lowest BCUT2D eigenvalue weighted by molar-refractivity contribution is 0.130. The number of allylic oxidation sites excluding steroid dienone is 1. The summed E-state index contributed by atoms with van der Waals surface area (Å²) in [6.45, 7) is 3.64. The van der Waals surface area contributed by atoms with Crippen molar-refractivity contribution in [2.24, 2.45) is 4.99 Å². The number of ether oxygens (including phenoxy) is 1. The second kappa shape index (κ2) is 8.87. The van der Waals surface area contributed by atoms with Gasteiger partial charge in [0, 0.05) is 10.7 Å². The van der Waals surface area contributed by atoms with Crippen LogP contribution in [0.2, 0.25) is 5.02 Å². The molecule has 1 fully saturated rings. The summed E-state index contributed by atoms with van der Waals surface area (Å²) in [7, 11) is 0. The van der Waals surface area contributed by atoms with Gasteiger partial charge in [0.15, 0.2) is 0 Å². The first-order valence-corrected chi connectivity index (χ1v) is 9.50. The molecule has 1 N–H and O–H groups in total. The lowest BCUT2D eigenvalue weighted by Crippen LogP contribution is -2.18. The molecule has 1 aliphatic carbocycles. The summed E-state index contributed by atoms with van der Waals surface area (Å²) in [5, 5.41) is 3.51. The number of nitrogens with one attached hydrogen (secondary N) is 1. The number of hydrogen-bond donors (Lipinski definition) is 1. The maximum atomic E-state index is 11.9. The molecule has 0 atom stereocenters. The average Bonchev–Trinajstić information content (AvgIpc) is 3.05. The van der Waals surface area contributed by atoms with Gasteiger partial charge in [-0.3, -0.25) is 10.3 Å². The van der Waals surface area contributed by atoms with Crippen molar-refractivity contribution < 1.29 is 9.53 Å².